The maximum atomic E-state index is 2.31. The molecule has 0 unspecified atom stereocenters. The molecule has 0 spiro atoms. The van der Waals surface area contributed by atoms with Crippen LogP contribution in [0.3, 0.4) is 0 Å². The number of benzene rings is 6. The maximum Gasteiger partial charge on any atom is -0.0155 e. The standard InChI is InChI=1S/C39H32/c1-27-20-28(2)22-38(21-27)36-17-8-15-34(25-36)32-13-6-11-30(23-32)31-12-7-14-33(24-31)35-16-9-18-37(26-35)39-19-5-4-10-29(39)3/h4-26H,1-3H3. The lowest BCUT2D eigenvalue weighted by Gasteiger charge is -2.11. The molecule has 0 aliphatic heterocycles. The number of hydrogen-bond donors (Lipinski definition) is 0. The van der Waals surface area contributed by atoms with Gasteiger partial charge in [0.2, 0.25) is 0 Å². The summed E-state index contributed by atoms with van der Waals surface area (Å²) in [7, 11) is 0. The first-order chi connectivity index (χ1) is 19.0. The molecule has 0 heteroatoms. The molecule has 39 heavy (non-hydrogen) atoms. The minimum atomic E-state index is 1.22. The molecule has 0 N–H and O–H groups in total. The Labute approximate surface area is 232 Å². The van der Waals surface area contributed by atoms with E-state index in [0.717, 1.165) is 0 Å². The van der Waals surface area contributed by atoms with E-state index in [0.29, 0.717) is 0 Å². The van der Waals surface area contributed by atoms with Crippen molar-refractivity contribution in [3.8, 4) is 55.6 Å². The fraction of sp³-hybridized carbons (Fsp3) is 0.0769. The van der Waals surface area contributed by atoms with Crippen LogP contribution in [0.1, 0.15) is 16.7 Å². The smallest absolute Gasteiger partial charge is 0.0155 e. The quantitative estimate of drug-likeness (QED) is 0.221. The molecule has 6 rings (SSSR count). The second-order valence-electron chi connectivity index (χ2n) is 10.5. The van der Waals surface area contributed by atoms with E-state index >= 15 is 0 Å². The lowest BCUT2D eigenvalue weighted by molar-refractivity contribution is 1.38. The van der Waals surface area contributed by atoms with Crippen molar-refractivity contribution >= 4 is 0 Å². The Bertz CT molecular complexity index is 1770. The predicted octanol–water partition coefficient (Wildman–Crippen LogP) is 10.9. The van der Waals surface area contributed by atoms with Gasteiger partial charge in [0.1, 0.15) is 0 Å². The summed E-state index contributed by atoms with van der Waals surface area (Å²) in [5.74, 6) is 0. The van der Waals surface area contributed by atoms with Crippen molar-refractivity contribution in [1.29, 1.82) is 0 Å². The second-order valence-corrected chi connectivity index (χ2v) is 10.5. The van der Waals surface area contributed by atoms with Crippen LogP contribution in [0.4, 0.5) is 0 Å². The van der Waals surface area contributed by atoms with Crippen LogP contribution in [-0.4, -0.2) is 0 Å². The summed E-state index contributed by atoms with van der Waals surface area (Å²) in [5, 5.41) is 0. The van der Waals surface area contributed by atoms with Crippen LogP contribution in [-0.2, 0) is 0 Å². The number of hydrogen-bond acceptors (Lipinski definition) is 0. The first kappa shape index (κ1) is 24.6. The van der Waals surface area contributed by atoms with Gasteiger partial charge in [-0.05, 0) is 106 Å². The van der Waals surface area contributed by atoms with Gasteiger partial charge in [-0.25, -0.2) is 0 Å². The van der Waals surface area contributed by atoms with Gasteiger partial charge in [-0.3, -0.25) is 0 Å². The van der Waals surface area contributed by atoms with E-state index in [9.17, 15) is 0 Å². The molecule has 188 valence electrons. The Kier molecular flexibility index (Phi) is 6.69. The molecule has 0 aliphatic carbocycles. The SMILES string of the molecule is Cc1cc(C)cc(-c2cccc(-c3cccc(-c4cccc(-c5cccc(-c6ccccc6C)c5)c4)c3)c2)c1. The zero-order chi connectivity index (χ0) is 26.8. The van der Waals surface area contributed by atoms with Gasteiger partial charge in [-0.1, -0.05) is 126 Å². The van der Waals surface area contributed by atoms with Gasteiger partial charge >= 0.3 is 0 Å². The Morgan fingerprint density at radius 3 is 1.08 bits per heavy atom. The number of aryl methyl sites for hydroxylation is 3. The second kappa shape index (κ2) is 10.6. The zero-order valence-corrected chi connectivity index (χ0v) is 22.8. The van der Waals surface area contributed by atoms with Crippen LogP contribution < -0.4 is 0 Å². The maximum absolute atomic E-state index is 2.31. The minimum absolute atomic E-state index is 1.22. The molecule has 0 bridgehead atoms. The van der Waals surface area contributed by atoms with Crippen LogP contribution in [0, 0.1) is 20.8 Å². The first-order valence-electron chi connectivity index (χ1n) is 13.6. The fourth-order valence-electron chi connectivity index (χ4n) is 5.54. The molecule has 0 saturated carbocycles. The largest absolute Gasteiger partial charge is 0.0620 e. The monoisotopic (exact) mass is 500 g/mol. The molecule has 6 aromatic carbocycles. The molecule has 6 aromatic rings. The van der Waals surface area contributed by atoms with Crippen molar-refractivity contribution < 1.29 is 0 Å². The van der Waals surface area contributed by atoms with Gasteiger partial charge in [0.05, 0.1) is 0 Å². The average molecular weight is 501 g/mol. The average Bonchev–Trinajstić information content (AvgIpc) is 2.97. The lowest BCUT2D eigenvalue weighted by Crippen LogP contribution is -1.86. The molecule has 0 fully saturated rings. The summed E-state index contributed by atoms with van der Waals surface area (Å²) in [4.78, 5) is 0. The zero-order valence-electron chi connectivity index (χ0n) is 22.8. The van der Waals surface area contributed by atoms with Crippen LogP contribution >= 0.6 is 0 Å². The fourth-order valence-corrected chi connectivity index (χ4v) is 5.54. The summed E-state index contributed by atoms with van der Waals surface area (Å²) in [6.07, 6.45) is 0. The Morgan fingerprint density at radius 1 is 0.282 bits per heavy atom. The Morgan fingerprint density at radius 2 is 0.641 bits per heavy atom. The van der Waals surface area contributed by atoms with Crippen molar-refractivity contribution in [3.63, 3.8) is 0 Å². The van der Waals surface area contributed by atoms with Crippen LogP contribution in [0.2, 0.25) is 0 Å². The van der Waals surface area contributed by atoms with Gasteiger partial charge in [0, 0.05) is 0 Å². The molecule has 0 nitrogen and oxygen atoms in total. The molecule has 0 amide bonds. The molecule has 0 aliphatic rings. The third-order valence-electron chi connectivity index (χ3n) is 7.46. The minimum Gasteiger partial charge on any atom is -0.0620 e. The van der Waals surface area contributed by atoms with Gasteiger partial charge in [-0.15, -0.1) is 0 Å². The van der Waals surface area contributed by atoms with E-state index in [1.165, 1.54) is 72.3 Å². The molecule has 0 saturated heterocycles. The molecule has 0 atom stereocenters. The number of rotatable bonds is 5. The molecule has 0 heterocycles. The molecular weight excluding hydrogens is 468 g/mol. The highest BCUT2D eigenvalue weighted by molar-refractivity contribution is 5.80. The summed E-state index contributed by atoms with van der Waals surface area (Å²) >= 11 is 0. The third kappa shape index (κ3) is 5.33. The summed E-state index contributed by atoms with van der Waals surface area (Å²) < 4.78 is 0. The highest BCUT2D eigenvalue weighted by Gasteiger charge is 2.08. The van der Waals surface area contributed by atoms with E-state index < -0.39 is 0 Å². The van der Waals surface area contributed by atoms with Crippen LogP contribution in [0.5, 0.6) is 0 Å². The predicted molar refractivity (Wildman–Crippen MR) is 168 cm³/mol. The molecule has 0 radical (unpaired) electrons. The highest BCUT2D eigenvalue weighted by atomic mass is 14.1. The van der Waals surface area contributed by atoms with E-state index in [2.05, 4.69) is 160 Å². The van der Waals surface area contributed by atoms with Crippen molar-refractivity contribution in [2.24, 2.45) is 0 Å². The lowest BCUT2D eigenvalue weighted by atomic mass is 9.93. The summed E-state index contributed by atoms with van der Waals surface area (Å²) in [6.45, 7) is 6.50. The van der Waals surface area contributed by atoms with Gasteiger partial charge < -0.3 is 0 Å². The van der Waals surface area contributed by atoms with Gasteiger partial charge in [0.15, 0.2) is 0 Å². The van der Waals surface area contributed by atoms with Crippen LogP contribution in [0.25, 0.3) is 55.6 Å². The topological polar surface area (TPSA) is 0 Å². The van der Waals surface area contributed by atoms with Gasteiger partial charge in [0.25, 0.3) is 0 Å². The van der Waals surface area contributed by atoms with Crippen molar-refractivity contribution in [2.75, 3.05) is 0 Å². The Balaban J connectivity index is 1.34. The van der Waals surface area contributed by atoms with Crippen molar-refractivity contribution in [3.05, 3.63) is 156 Å². The third-order valence-corrected chi connectivity index (χ3v) is 7.46. The normalized spacial score (nSPS) is 10.9. The van der Waals surface area contributed by atoms with E-state index in [1.807, 2.05) is 0 Å². The molecular formula is C39H32. The summed E-state index contributed by atoms with van der Waals surface area (Å²) in [5.41, 5.74) is 16.3. The Hall–Kier alpha value is -4.68. The summed E-state index contributed by atoms with van der Waals surface area (Å²) in [6, 6.07) is 50.9. The van der Waals surface area contributed by atoms with E-state index in [-0.39, 0.29) is 0 Å². The van der Waals surface area contributed by atoms with Crippen LogP contribution in [0.15, 0.2) is 140 Å². The molecule has 0 aromatic heterocycles. The van der Waals surface area contributed by atoms with Crippen molar-refractivity contribution in [1.82, 2.24) is 0 Å². The highest BCUT2D eigenvalue weighted by Crippen LogP contribution is 2.33. The van der Waals surface area contributed by atoms with Gasteiger partial charge in [-0.2, -0.15) is 0 Å². The van der Waals surface area contributed by atoms with E-state index in [4.69, 9.17) is 0 Å². The first-order valence-corrected chi connectivity index (χ1v) is 13.6. The van der Waals surface area contributed by atoms with E-state index in [1.54, 1.807) is 0 Å². The van der Waals surface area contributed by atoms with Crippen molar-refractivity contribution in [2.45, 2.75) is 20.8 Å².